The zero-order valence-corrected chi connectivity index (χ0v) is 41.4. The average molecular weight is 1040 g/mol. The van der Waals surface area contributed by atoms with Crippen LogP contribution in [-0.4, -0.2) is 27.0 Å². The molecule has 8 heteroatoms. The van der Waals surface area contributed by atoms with Crippen LogP contribution in [0.4, 0.5) is 13.2 Å². The second kappa shape index (κ2) is 22.3. The number of aliphatic hydroxyl groups is 1. The fourth-order valence-electron chi connectivity index (χ4n) is 7.12. The molecule has 0 spiro atoms. The summed E-state index contributed by atoms with van der Waals surface area (Å²) in [7, 11) is 0. The minimum absolute atomic E-state index is 0. The Labute approximate surface area is 393 Å². The van der Waals surface area contributed by atoms with E-state index in [2.05, 4.69) is 87.9 Å². The van der Waals surface area contributed by atoms with Gasteiger partial charge in [-0.05, 0) is 89.0 Å². The number of fused-ring (bicyclic) bond motifs is 2. The number of rotatable bonds is 9. The van der Waals surface area contributed by atoms with Gasteiger partial charge in [0.25, 0.3) is 0 Å². The van der Waals surface area contributed by atoms with Crippen molar-refractivity contribution in [3.63, 3.8) is 0 Å². The smallest absolute Gasteiger partial charge is 0.389 e. The topological polar surface area (TPSA) is 63.1 Å². The van der Waals surface area contributed by atoms with E-state index >= 15 is 0 Å². The van der Waals surface area contributed by atoms with Gasteiger partial charge in [0.2, 0.25) is 0 Å². The van der Waals surface area contributed by atoms with Crippen molar-refractivity contribution in [2.45, 2.75) is 133 Å². The van der Waals surface area contributed by atoms with Crippen LogP contribution in [0, 0.1) is 51.7 Å². The molecule has 0 amide bonds. The number of nitrogens with zero attached hydrogens (tertiary/aromatic N) is 2. The first-order valence-electron chi connectivity index (χ1n) is 23.4. The maximum Gasteiger partial charge on any atom is 0.389 e. The third kappa shape index (κ3) is 15.0. The number of ketones is 1. The van der Waals surface area contributed by atoms with Crippen LogP contribution in [0.15, 0.2) is 96.9 Å². The van der Waals surface area contributed by atoms with E-state index in [1.54, 1.807) is 6.92 Å². The number of hydrogen-bond donors (Lipinski definition) is 1. The molecule has 0 saturated heterocycles. The van der Waals surface area contributed by atoms with Gasteiger partial charge < -0.3 is 15.1 Å². The molecule has 4 nitrogen and oxygen atoms in total. The van der Waals surface area contributed by atoms with Gasteiger partial charge in [-0.25, -0.2) is 0 Å². The van der Waals surface area contributed by atoms with Crippen molar-refractivity contribution in [3.05, 3.63) is 142 Å². The molecule has 2 heterocycles. The number of pyridine rings is 2. The van der Waals surface area contributed by atoms with E-state index in [1.807, 2.05) is 77.9 Å². The summed E-state index contributed by atoms with van der Waals surface area (Å²) in [6.07, 6.45) is -3.05. The Balaban J connectivity index is 0.000000268. The first-order chi connectivity index (χ1) is 30.6. The molecule has 0 aliphatic rings. The van der Waals surface area contributed by atoms with Crippen molar-refractivity contribution in [1.29, 1.82) is 0 Å². The number of alkyl halides is 3. The van der Waals surface area contributed by atoms with Gasteiger partial charge in [-0.2, -0.15) is 13.2 Å². The molecule has 0 bridgehead atoms. The van der Waals surface area contributed by atoms with E-state index < -0.39 is 24.3 Å². The molecule has 4 aromatic carbocycles. The summed E-state index contributed by atoms with van der Waals surface area (Å²) < 4.78 is 69.3. The molecule has 2 aromatic heterocycles. The first-order valence-corrected chi connectivity index (χ1v) is 21.4. The van der Waals surface area contributed by atoms with E-state index in [-0.39, 0.29) is 73.5 Å². The van der Waals surface area contributed by atoms with Gasteiger partial charge in [0.1, 0.15) is 0 Å². The Morgan fingerprint density at radius 2 is 1.08 bits per heavy atom. The van der Waals surface area contributed by atoms with E-state index in [4.69, 9.17) is 5.48 Å². The van der Waals surface area contributed by atoms with Crippen LogP contribution >= 0.6 is 0 Å². The third-order valence-corrected chi connectivity index (χ3v) is 10.9. The van der Waals surface area contributed by atoms with Crippen LogP contribution in [0.3, 0.4) is 0 Å². The zero-order chi connectivity index (χ0) is 49.6. The van der Waals surface area contributed by atoms with Gasteiger partial charge >= 0.3 is 6.18 Å². The summed E-state index contributed by atoms with van der Waals surface area (Å²) >= 11 is 0. The van der Waals surface area contributed by atoms with Crippen molar-refractivity contribution in [2.24, 2.45) is 11.8 Å². The number of carbonyl (C=O) groups excluding carboxylic acids is 1. The fraction of sp³-hybridized carbons (Fsp3) is 0.400. The number of carbonyl (C=O) groups is 1. The predicted molar refractivity (Wildman–Crippen MR) is 253 cm³/mol. The first kappa shape index (κ1) is 46.3. The molecule has 0 fully saturated rings. The van der Waals surface area contributed by atoms with Gasteiger partial charge in [-0.15, -0.1) is 69.8 Å². The summed E-state index contributed by atoms with van der Waals surface area (Å²) in [5.74, 6) is -2.00. The molecular weight excluding hydrogens is 970 g/mol. The quantitative estimate of drug-likeness (QED) is 0.0890. The van der Waals surface area contributed by atoms with Crippen molar-refractivity contribution in [2.75, 3.05) is 0 Å². The molecule has 1 unspecified atom stereocenters. The molecule has 1 N–H and O–H groups in total. The van der Waals surface area contributed by atoms with Gasteiger partial charge in [-0.3, -0.25) is 4.79 Å². The Bertz CT molecular complexity index is 2580. The molecule has 0 aliphatic carbocycles. The molecule has 0 aliphatic heterocycles. The summed E-state index contributed by atoms with van der Waals surface area (Å²) in [5, 5.41) is 13.0. The minimum atomic E-state index is -4.33. The Kier molecular flexibility index (Phi) is 16.4. The number of aryl methyl sites for hydroxylation is 4. The number of benzene rings is 4. The summed E-state index contributed by atoms with van der Waals surface area (Å²) in [5.41, 5.74) is 10.0. The summed E-state index contributed by atoms with van der Waals surface area (Å²) in [6, 6.07) is 27.6. The van der Waals surface area contributed by atoms with Crippen LogP contribution in [0.25, 0.3) is 44.1 Å². The van der Waals surface area contributed by atoms with E-state index in [0.29, 0.717) is 12.8 Å². The Morgan fingerprint density at radius 1 is 0.683 bits per heavy atom. The van der Waals surface area contributed by atoms with Gasteiger partial charge in [0, 0.05) is 50.4 Å². The van der Waals surface area contributed by atoms with E-state index in [1.165, 1.54) is 11.1 Å². The number of aromatic nitrogens is 2. The molecule has 6 aromatic rings. The van der Waals surface area contributed by atoms with Crippen molar-refractivity contribution < 1.29 is 48.7 Å². The number of aliphatic hydroxyl groups excluding tert-OH is 1. The zero-order valence-electron chi connectivity index (χ0n) is 43.1. The molecule has 1 atom stereocenters. The maximum absolute atomic E-state index is 12.3. The van der Waals surface area contributed by atoms with Crippen molar-refractivity contribution in [3.8, 4) is 22.5 Å². The monoisotopic (exact) mass is 1040 g/mol. The molecule has 6 rings (SSSR count). The fourth-order valence-corrected chi connectivity index (χ4v) is 7.12. The number of hydrogen-bond acceptors (Lipinski definition) is 4. The number of allylic oxidation sites excluding steroid dienone is 2. The molecule has 63 heavy (non-hydrogen) atoms. The van der Waals surface area contributed by atoms with Crippen molar-refractivity contribution >= 4 is 27.3 Å². The van der Waals surface area contributed by atoms with Gasteiger partial charge in [0.05, 0.1) is 17.7 Å². The molecule has 0 saturated carbocycles. The van der Waals surface area contributed by atoms with Gasteiger partial charge in [-0.1, -0.05) is 124 Å². The second-order valence-corrected chi connectivity index (χ2v) is 18.3. The summed E-state index contributed by atoms with van der Waals surface area (Å²) in [4.78, 5) is 20.5. The maximum atomic E-state index is 12.3. The predicted octanol–water partition coefficient (Wildman–Crippen LogP) is 15.6. The molecule has 1 radical (unpaired) electrons. The minimum Gasteiger partial charge on any atom is -0.512 e. The number of halogens is 3. The average Bonchev–Trinajstić information content (AvgIpc) is 3.22. The summed E-state index contributed by atoms with van der Waals surface area (Å²) in [6.45, 7) is 26.4. The standard InChI is InChI=1S/2C21H22N.C13H21F3O2.Ir/c2*1-14-6-7-19-16(10-14)8-9-22-20(19)17-11-15(2)12-18(13-17)21(3,4)5;1-4-9(5-2)11(17)7-12(18)10(6-3)8-13(14,15)16;/h2*6-10,12-13H,1-5H3;7,9-10,18H,4-6,8H2,1-3H3;/q2*-1;;/b;;12-7-;/i2*8D,9D;;. The second-order valence-electron chi connectivity index (χ2n) is 18.3. The molecular formula is C55H65F3IrN2O2-2. The van der Waals surface area contributed by atoms with Crippen LogP contribution < -0.4 is 0 Å². The van der Waals surface area contributed by atoms with E-state index in [0.717, 1.165) is 72.4 Å². The normalized spacial score (nSPS) is 13.4. The van der Waals surface area contributed by atoms with Crippen LogP contribution in [0.1, 0.15) is 127 Å². The SMILES string of the molecule is CCC(CC)C(=O)/C=C(\O)C(CC)CC(F)(F)F.[2H]c1nc(-c2[c-]c(C)cc(C(C)(C)C)c2)c2ccc(C)cc2c1[2H].[2H]c1nc(-c2[c-]c(C)cc(C(C)(C)C)c2)c2ccc(C)cc2c1[2H].[Ir]. The van der Waals surface area contributed by atoms with Crippen LogP contribution in [0.5, 0.6) is 0 Å². The Hall–Kier alpha value is -4.65. The van der Waals surface area contributed by atoms with Crippen molar-refractivity contribution in [1.82, 2.24) is 9.97 Å². The van der Waals surface area contributed by atoms with Crippen LogP contribution in [0.2, 0.25) is 0 Å². The largest absolute Gasteiger partial charge is 0.512 e. The van der Waals surface area contributed by atoms with E-state index in [9.17, 15) is 23.1 Å². The van der Waals surface area contributed by atoms with Gasteiger partial charge in [0.15, 0.2) is 5.78 Å². The molecule has 339 valence electrons. The van der Waals surface area contributed by atoms with Crippen LogP contribution in [-0.2, 0) is 35.7 Å². The third-order valence-electron chi connectivity index (χ3n) is 10.9. The Morgan fingerprint density at radius 3 is 1.43 bits per heavy atom.